The Balaban J connectivity index is 1.41. The maximum atomic E-state index is 12.2. The fraction of sp³-hybridized carbons (Fsp3) is 0.471. The Morgan fingerprint density at radius 3 is 2.74 bits per heavy atom. The molecule has 0 spiro atoms. The van der Waals surface area contributed by atoms with Crippen LogP contribution in [0.4, 0.5) is 5.69 Å². The molecule has 0 unspecified atom stereocenters. The Morgan fingerprint density at radius 2 is 2.04 bits per heavy atom. The lowest BCUT2D eigenvalue weighted by molar-refractivity contribution is -0.113. The highest BCUT2D eigenvalue weighted by Gasteiger charge is 2.36. The zero-order valence-corrected chi connectivity index (χ0v) is 14.0. The van der Waals surface area contributed by atoms with Crippen LogP contribution in [0.5, 0.6) is 0 Å². The van der Waals surface area contributed by atoms with Crippen LogP contribution in [0, 0.1) is 6.92 Å². The normalized spacial score (nSPS) is 17.3. The molecule has 0 bridgehead atoms. The second-order valence-corrected chi connectivity index (χ2v) is 7.31. The number of para-hydroxylation sites is 1. The van der Waals surface area contributed by atoms with Gasteiger partial charge in [0.15, 0.2) is 5.16 Å². The van der Waals surface area contributed by atoms with E-state index in [9.17, 15) is 4.79 Å². The summed E-state index contributed by atoms with van der Waals surface area (Å²) in [5, 5.41) is 12.6. The SMILES string of the molecule is Cc1ccccc1NC(=O)CSc1nnc(C2CC2)n1C1CC1. The fourth-order valence-corrected chi connectivity index (χ4v) is 3.52. The van der Waals surface area contributed by atoms with Gasteiger partial charge in [0.1, 0.15) is 5.82 Å². The molecular formula is C17H20N4OS. The van der Waals surface area contributed by atoms with E-state index in [-0.39, 0.29) is 5.91 Å². The summed E-state index contributed by atoms with van der Waals surface area (Å²) in [6.07, 6.45) is 4.87. The summed E-state index contributed by atoms with van der Waals surface area (Å²) in [4.78, 5) is 12.2. The number of hydrogen-bond donors (Lipinski definition) is 1. The molecule has 4 rings (SSSR count). The fourth-order valence-electron chi connectivity index (χ4n) is 2.71. The largest absolute Gasteiger partial charge is 0.325 e. The minimum atomic E-state index is 0.00242. The van der Waals surface area contributed by atoms with Gasteiger partial charge in [0, 0.05) is 17.6 Å². The van der Waals surface area contributed by atoms with Crippen LogP contribution in [0.2, 0.25) is 0 Å². The van der Waals surface area contributed by atoms with Gasteiger partial charge in [-0.25, -0.2) is 0 Å². The van der Waals surface area contributed by atoms with Crippen LogP contribution in [0.3, 0.4) is 0 Å². The molecule has 120 valence electrons. The van der Waals surface area contributed by atoms with E-state index in [1.165, 1.54) is 37.4 Å². The predicted molar refractivity (Wildman–Crippen MR) is 90.8 cm³/mol. The van der Waals surface area contributed by atoms with Crippen molar-refractivity contribution in [3.8, 4) is 0 Å². The molecule has 6 heteroatoms. The van der Waals surface area contributed by atoms with E-state index in [1.807, 2.05) is 31.2 Å². The second-order valence-electron chi connectivity index (χ2n) is 6.37. The zero-order chi connectivity index (χ0) is 15.8. The first-order valence-electron chi connectivity index (χ1n) is 8.15. The standard InChI is InChI=1S/C17H20N4OS/c1-11-4-2-3-5-14(11)18-15(22)10-23-17-20-19-16(12-6-7-12)21(17)13-8-9-13/h2-5,12-13H,6-10H2,1H3,(H,18,22). The second kappa shape index (κ2) is 6.00. The van der Waals surface area contributed by atoms with Crippen molar-refractivity contribution >= 4 is 23.4 Å². The number of anilines is 1. The van der Waals surface area contributed by atoms with Gasteiger partial charge in [0.25, 0.3) is 0 Å². The van der Waals surface area contributed by atoms with E-state index in [2.05, 4.69) is 20.1 Å². The highest BCUT2D eigenvalue weighted by Crippen LogP contribution is 2.45. The number of amides is 1. The molecule has 2 saturated carbocycles. The van der Waals surface area contributed by atoms with E-state index in [1.54, 1.807) is 0 Å². The van der Waals surface area contributed by atoms with Crippen LogP contribution in [0.25, 0.3) is 0 Å². The molecule has 0 aliphatic heterocycles. The minimum Gasteiger partial charge on any atom is -0.325 e. The van der Waals surface area contributed by atoms with Crippen LogP contribution >= 0.6 is 11.8 Å². The molecular weight excluding hydrogens is 308 g/mol. The first kappa shape index (κ1) is 14.8. The third-order valence-corrected chi connectivity index (χ3v) is 5.24. The Bertz CT molecular complexity index is 734. The monoisotopic (exact) mass is 328 g/mol. The summed E-state index contributed by atoms with van der Waals surface area (Å²) in [5.74, 6) is 2.10. The first-order valence-corrected chi connectivity index (χ1v) is 9.14. The van der Waals surface area contributed by atoms with Gasteiger partial charge in [-0.3, -0.25) is 4.79 Å². The molecule has 23 heavy (non-hydrogen) atoms. The molecule has 2 fully saturated rings. The summed E-state index contributed by atoms with van der Waals surface area (Å²) >= 11 is 1.49. The van der Waals surface area contributed by atoms with Crippen molar-refractivity contribution in [2.75, 3.05) is 11.1 Å². The van der Waals surface area contributed by atoms with Crippen molar-refractivity contribution in [3.63, 3.8) is 0 Å². The molecule has 0 saturated heterocycles. The molecule has 2 aliphatic carbocycles. The Morgan fingerprint density at radius 1 is 1.26 bits per heavy atom. The van der Waals surface area contributed by atoms with Gasteiger partial charge in [-0.05, 0) is 44.2 Å². The number of carbonyl (C=O) groups excluding carboxylic acids is 1. The van der Waals surface area contributed by atoms with Gasteiger partial charge in [0.05, 0.1) is 5.75 Å². The van der Waals surface area contributed by atoms with Crippen LogP contribution in [0.1, 0.15) is 49.0 Å². The van der Waals surface area contributed by atoms with Crippen LogP contribution in [-0.4, -0.2) is 26.4 Å². The Hall–Kier alpha value is -1.82. The number of thioether (sulfide) groups is 1. The molecule has 2 aliphatic rings. The number of nitrogens with one attached hydrogen (secondary N) is 1. The summed E-state index contributed by atoms with van der Waals surface area (Å²) in [5.41, 5.74) is 1.95. The molecule has 1 aromatic carbocycles. The quantitative estimate of drug-likeness (QED) is 0.824. The Labute approximate surface area is 139 Å². The van der Waals surface area contributed by atoms with E-state index < -0.39 is 0 Å². The molecule has 1 N–H and O–H groups in total. The van der Waals surface area contributed by atoms with Crippen molar-refractivity contribution in [2.24, 2.45) is 0 Å². The van der Waals surface area contributed by atoms with Crippen molar-refractivity contribution in [2.45, 2.75) is 49.7 Å². The smallest absolute Gasteiger partial charge is 0.234 e. The van der Waals surface area contributed by atoms with Gasteiger partial charge in [-0.1, -0.05) is 30.0 Å². The third kappa shape index (κ3) is 3.27. The molecule has 0 radical (unpaired) electrons. The van der Waals surface area contributed by atoms with Crippen LogP contribution in [-0.2, 0) is 4.79 Å². The number of carbonyl (C=O) groups is 1. The van der Waals surface area contributed by atoms with Crippen LogP contribution < -0.4 is 5.32 Å². The lowest BCUT2D eigenvalue weighted by Gasteiger charge is -2.09. The third-order valence-electron chi connectivity index (χ3n) is 4.30. The van der Waals surface area contributed by atoms with E-state index >= 15 is 0 Å². The Kier molecular flexibility index (Phi) is 3.85. The lowest BCUT2D eigenvalue weighted by atomic mass is 10.2. The van der Waals surface area contributed by atoms with E-state index in [0.717, 1.165) is 22.2 Å². The van der Waals surface area contributed by atoms with Gasteiger partial charge >= 0.3 is 0 Å². The lowest BCUT2D eigenvalue weighted by Crippen LogP contribution is -2.15. The average molecular weight is 328 g/mol. The molecule has 2 aromatic rings. The highest BCUT2D eigenvalue weighted by molar-refractivity contribution is 7.99. The molecule has 1 amide bonds. The number of hydrogen-bond acceptors (Lipinski definition) is 4. The van der Waals surface area contributed by atoms with Crippen molar-refractivity contribution in [3.05, 3.63) is 35.7 Å². The first-order chi connectivity index (χ1) is 11.2. The summed E-state index contributed by atoms with van der Waals surface area (Å²) in [6, 6.07) is 8.38. The van der Waals surface area contributed by atoms with Gasteiger partial charge in [0.2, 0.25) is 5.91 Å². The van der Waals surface area contributed by atoms with Gasteiger partial charge < -0.3 is 9.88 Å². The summed E-state index contributed by atoms with van der Waals surface area (Å²) in [7, 11) is 0. The van der Waals surface area contributed by atoms with Gasteiger partial charge in [-0.15, -0.1) is 10.2 Å². The molecule has 5 nitrogen and oxygen atoms in total. The van der Waals surface area contributed by atoms with Crippen LogP contribution in [0.15, 0.2) is 29.4 Å². The van der Waals surface area contributed by atoms with Crippen molar-refractivity contribution < 1.29 is 4.79 Å². The summed E-state index contributed by atoms with van der Waals surface area (Å²) in [6.45, 7) is 1.99. The van der Waals surface area contributed by atoms with Crippen molar-refractivity contribution in [1.29, 1.82) is 0 Å². The van der Waals surface area contributed by atoms with E-state index in [0.29, 0.717) is 17.7 Å². The highest BCUT2D eigenvalue weighted by atomic mass is 32.2. The number of rotatable bonds is 6. The van der Waals surface area contributed by atoms with Gasteiger partial charge in [-0.2, -0.15) is 0 Å². The number of benzene rings is 1. The predicted octanol–water partition coefficient (Wildman–Crippen LogP) is 3.53. The molecule has 1 heterocycles. The maximum absolute atomic E-state index is 12.2. The van der Waals surface area contributed by atoms with Crippen molar-refractivity contribution in [1.82, 2.24) is 14.8 Å². The minimum absolute atomic E-state index is 0.00242. The maximum Gasteiger partial charge on any atom is 0.234 e. The number of aromatic nitrogens is 3. The topological polar surface area (TPSA) is 59.8 Å². The van der Waals surface area contributed by atoms with E-state index in [4.69, 9.17) is 0 Å². The molecule has 1 aromatic heterocycles. The molecule has 0 atom stereocenters. The average Bonchev–Trinajstić information content (AvgIpc) is 3.46. The number of nitrogens with zero attached hydrogens (tertiary/aromatic N) is 3. The zero-order valence-electron chi connectivity index (χ0n) is 13.2. The summed E-state index contributed by atoms with van der Waals surface area (Å²) < 4.78 is 2.28. The number of aryl methyl sites for hydroxylation is 1.